The van der Waals surface area contributed by atoms with Gasteiger partial charge in [-0.05, 0) is 27.2 Å². The Morgan fingerprint density at radius 2 is 2.11 bits per heavy atom. The molecule has 1 aromatic heterocycles. The summed E-state index contributed by atoms with van der Waals surface area (Å²) >= 11 is 0. The molecule has 1 saturated heterocycles. The van der Waals surface area contributed by atoms with Gasteiger partial charge < -0.3 is 10.0 Å². The minimum absolute atomic E-state index is 0.140. The van der Waals surface area contributed by atoms with Crippen molar-refractivity contribution in [3.05, 3.63) is 18.0 Å². The monoisotopic (exact) mass is 265 g/mol. The van der Waals surface area contributed by atoms with Crippen LogP contribution >= 0.6 is 0 Å². The molecule has 0 aliphatic carbocycles. The van der Waals surface area contributed by atoms with E-state index < -0.39 is 11.9 Å². The highest BCUT2D eigenvalue weighted by Gasteiger charge is 2.32. The molecule has 19 heavy (non-hydrogen) atoms. The number of aromatic nitrogens is 2. The van der Waals surface area contributed by atoms with Crippen molar-refractivity contribution in [3.63, 3.8) is 0 Å². The number of carbonyl (C=O) groups excluding carboxylic acids is 1. The van der Waals surface area contributed by atoms with Crippen molar-refractivity contribution in [1.29, 1.82) is 0 Å². The second-order valence-electron chi connectivity index (χ2n) is 5.92. The van der Waals surface area contributed by atoms with Crippen LogP contribution in [0.15, 0.2) is 12.4 Å². The summed E-state index contributed by atoms with van der Waals surface area (Å²) in [7, 11) is 0. The molecule has 0 saturated carbocycles. The quantitative estimate of drug-likeness (QED) is 0.871. The topological polar surface area (TPSA) is 75.4 Å². The van der Waals surface area contributed by atoms with Crippen LogP contribution in [0.3, 0.4) is 0 Å². The van der Waals surface area contributed by atoms with Crippen LogP contribution < -0.4 is 0 Å². The van der Waals surface area contributed by atoms with E-state index in [1.54, 1.807) is 22.0 Å². The van der Waals surface area contributed by atoms with Gasteiger partial charge in [0.05, 0.1) is 23.2 Å². The van der Waals surface area contributed by atoms with Crippen LogP contribution in [0.25, 0.3) is 0 Å². The molecule has 0 bridgehead atoms. The molecule has 2 heterocycles. The molecule has 1 fully saturated rings. The molecule has 1 aromatic rings. The molecule has 0 radical (unpaired) electrons. The molecule has 1 atom stereocenters. The van der Waals surface area contributed by atoms with Crippen molar-refractivity contribution in [2.45, 2.75) is 32.7 Å². The maximum absolute atomic E-state index is 12.2. The van der Waals surface area contributed by atoms with Gasteiger partial charge in [-0.25, -0.2) is 0 Å². The number of amides is 1. The van der Waals surface area contributed by atoms with E-state index >= 15 is 0 Å². The Hall–Kier alpha value is -1.85. The van der Waals surface area contributed by atoms with Crippen molar-refractivity contribution in [1.82, 2.24) is 14.7 Å². The summed E-state index contributed by atoms with van der Waals surface area (Å²) in [5.74, 6) is -1.42. The van der Waals surface area contributed by atoms with Gasteiger partial charge in [-0.2, -0.15) is 5.10 Å². The van der Waals surface area contributed by atoms with Gasteiger partial charge in [0.2, 0.25) is 0 Å². The first-order chi connectivity index (χ1) is 8.79. The normalized spacial score (nSPS) is 19.7. The predicted molar refractivity (Wildman–Crippen MR) is 68.9 cm³/mol. The molecule has 6 heteroatoms. The van der Waals surface area contributed by atoms with E-state index in [-0.39, 0.29) is 18.0 Å². The third kappa shape index (κ3) is 2.77. The zero-order valence-electron chi connectivity index (χ0n) is 11.5. The molecule has 2 rings (SSSR count). The second kappa shape index (κ2) is 4.68. The standard InChI is InChI=1S/C13H19N3O3/c1-13(2,3)16-8-10(6-14-16)11(17)15-5-4-9(7-15)12(18)19/h6,8-9H,4-5,7H2,1-3H3,(H,18,19)/t9-/m1/s1. The first-order valence-electron chi connectivity index (χ1n) is 6.36. The lowest BCUT2D eigenvalue weighted by Crippen LogP contribution is -2.30. The molecule has 104 valence electrons. The number of nitrogens with zero attached hydrogens (tertiary/aromatic N) is 3. The van der Waals surface area contributed by atoms with Crippen LogP contribution in [0.5, 0.6) is 0 Å². The summed E-state index contributed by atoms with van der Waals surface area (Å²) in [5.41, 5.74) is 0.341. The second-order valence-corrected chi connectivity index (χ2v) is 5.92. The number of hydrogen-bond acceptors (Lipinski definition) is 3. The Morgan fingerprint density at radius 1 is 1.42 bits per heavy atom. The van der Waals surface area contributed by atoms with Crippen LogP contribution in [-0.4, -0.2) is 44.8 Å². The summed E-state index contributed by atoms with van der Waals surface area (Å²) in [6.45, 7) is 6.80. The van der Waals surface area contributed by atoms with Crippen LogP contribution in [-0.2, 0) is 10.3 Å². The summed E-state index contributed by atoms with van der Waals surface area (Å²) < 4.78 is 1.74. The Balaban J connectivity index is 2.09. The van der Waals surface area contributed by atoms with Crippen LogP contribution in [0, 0.1) is 5.92 Å². The predicted octanol–water partition coefficient (Wildman–Crippen LogP) is 1.18. The van der Waals surface area contributed by atoms with Crippen molar-refractivity contribution < 1.29 is 14.7 Å². The molecule has 1 N–H and O–H groups in total. The molecule has 0 spiro atoms. The number of carboxylic acids is 1. The fraction of sp³-hybridized carbons (Fsp3) is 0.615. The van der Waals surface area contributed by atoms with E-state index in [1.165, 1.54) is 0 Å². The first kappa shape index (κ1) is 13.6. The van der Waals surface area contributed by atoms with Gasteiger partial charge in [0, 0.05) is 19.3 Å². The number of carbonyl (C=O) groups is 2. The van der Waals surface area contributed by atoms with Crippen molar-refractivity contribution in [2.24, 2.45) is 5.92 Å². The number of carboxylic acid groups (broad SMARTS) is 1. The van der Waals surface area contributed by atoms with E-state index in [1.807, 2.05) is 20.8 Å². The number of likely N-dealkylation sites (tertiary alicyclic amines) is 1. The first-order valence-corrected chi connectivity index (χ1v) is 6.36. The maximum atomic E-state index is 12.2. The lowest BCUT2D eigenvalue weighted by molar-refractivity contribution is -0.141. The summed E-state index contributed by atoms with van der Waals surface area (Å²) in [4.78, 5) is 24.7. The SMILES string of the molecule is CC(C)(C)n1cc(C(=O)N2CC[C@@H](C(=O)O)C2)cn1. The van der Waals surface area contributed by atoms with E-state index in [0.717, 1.165) is 0 Å². The molecule has 6 nitrogen and oxygen atoms in total. The molecule has 1 aliphatic heterocycles. The third-order valence-corrected chi connectivity index (χ3v) is 3.34. The molecular weight excluding hydrogens is 246 g/mol. The van der Waals surface area contributed by atoms with Crippen molar-refractivity contribution in [3.8, 4) is 0 Å². The largest absolute Gasteiger partial charge is 0.481 e. The Kier molecular flexibility index (Phi) is 3.34. The van der Waals surface area contributed by atoms with Crippen molar-refractivity contribution in [2.75, 3.05) is 13.1 Å². The van der Waals surface area contributed by atoms with Gasteiger partial charge in [-0.15, -0.1) is 0 Å². The van der Waals surface area contributed by atoms with Gasteiger partial charge in [-0.3, -0.25) is 14.3 Å². The summed E-state index contributed by atoms with van der Waals surface area (Å²) in [6, 6.07) is 0. The lowest BCUT2D eigenvalue weighted by Gasteiger charge is -2.19. The highest BCUT2D eigenvalue weighted by molar-refractivity contribution is 5.94. The zero-order chi connectivity index (χ0) is 14.2. The van der Waals surface area contributed by atoms with Crippen LogP contribution in [0.4, 0.5) is 0 Å². The lowest BCUT2D eigenvalue weighted by atomic mass is 10.1. The van der Waals surface area contributed by atoms with Gasteiger partial charge in [0.1, 0.15) is 0 Å². The summed E-state index contributed by atoms with van der Waals surface area (Å²) in [6.07, 6.45) is 3.78. The Bertz CT molecular complexity index is 501. The molecule has 1 aliphatic rings. The minimum Gasteiger partial charge on any atom is -0.481 e. The third-order valence-electron chi connectivity index (χ3n) is 3.34. The number of rotatable bonds is 2. The molecule has 0 unspecified atom stereocenters. The van der Waals surface area contributed by atoms with Gasteiger partial charge in [0.15, 0.2) is 0 Å². The van der Waals surface area contributed by atoms with Crippen LogP contribution in [0.2, 0.25) is 0 Å². The minimum atomic E-state index is -0.833. The van der Waals surface area contributed by atoms with E-state index in [4.69, 9.17) is 5.11 Å². The average Bonchev–Trinajstić information content (AvgIpc) is 2.97. The molecule has 0 aromatic carbocycles. The van der Waals surface area contributed by atoms with Crippen molar-refractivity contribution >= 4 is 11.9 Å². The van der Waals surface area contributed by atoms with Gasteiger partial charge in [-0.1, -0.05) is 0 Å². The van der Waals surface area contributed by atoms with Gasteiger partial charge in [0.25, 0.3) is 5.91 Å². The number of aliphatic carboxylic acids is 1. The Morgan fingerprint density at radius 3 is 2.58 bits per heavy atom. The smallest absolute Gasteiger partial charge is 0.308 e. The molecule has 1 amide bonds. The zero-order valence-corrected chi connectivity index (χ0v) is 11.5. The summed E-state index contributed by atoms with van der Waals surface area (Å²) in [5, 5.41) is 13.1. The Labute approximate surface area is 112 Å². The van der Waals surface area contributed by atoms with E-state index in [0.29, 0.717) is 18.5 Å². The van der Waals surface area contributed by atoms with Gasteiger partial charge >= 0.3 is 5.97 Å². The number of hydrogen-bond donors (Lipinski definition) is 1. The highest BCUT2D eigenvalue weighted by Crippen LogP contribution is 2.20. The van der Waals surface area contributed by atoms with Crippen LogP contribution in [0.1, 0.15) is 37.6 Å². The average molecular weight is 265 g/mol. The van der Waals surface area contributed by atoms with E-state index in [9.17, 15) is 9.59 Å². The fourth-order valence-corrected chi connectivity index (χ4v) is 2.13. The fourth-order valence-electron chi connectivity index (χ4n) is 2.13. The maximum Gasteiger partial charge on any atom is 0.308 e. The molecular formula is C13H19N3O3. The highest BCUT2D eigenvalue weighted by atomic mass is 16.4. The van der Waals surface area contributed by atoms with E-state index in [2.05, 4.69) is 5.10 Å².